The Morgan fingerprint density at radius 3 is 2.50 bits per heavy atom. The lowest BCUT2D eigenvalue weighted by Crippen LogP contribution is -2.24. The normalized spacial score (nSPS) is 13.0. The Kier molecular flexibility index (Phi) is 3.76. The molecule has 0 radical (unpaired) electrons. The zero-order valence-corrected chi connectivity index (χ0v) is 16.4. The number of aromatic nitrogens is 2. The quantitative estimate of drug-likeness (QED) is 0.444. The molecular formula is C24H28N2. The lowest BCUT2D eigenvalue weighted by molar-refractivity contribution is 0.446. The maximum atomic E-state index is 3.34. The van der Waals surface area contributed by atoms with E-state index in [1.807, 2.05) is 6.20 Å². The lowest BCUT2D eigenvalue weighted by atomic mass is 9.82. The van der Waals surface area contributed by atoms with Gasteiger partial charge in [0.05, 0.1) is 0 Å². The third-order valence-electron chi connectivity index (χ3n) is 5.53. The first-order valence-corrected chi connectivity index (χ1v) is 9.42. The zero-order chi connectivity index (χ0) is 18.5. The van der Waals surface area contributed by atoms with Crippen molar-refractivity contribution >= 4 is 21.8 Å². The second-order valence-electron chi connectivity index (χ2n) is 9.10. The van der Waals surface area contributed by atoms with E-state index in [4.69, 9.17) is 0 Å². The van der Waals surface area contributed by atoms with E-state index in [1.54, 1.807) is 0 Å². The van der Waals surface area contributed by atoms with Crippen LogP contribution < -0.4 is 0 Å². The lowest BCUT2D eigenvalue weighted by Gasteiger charge is -2.28. The summed E-state index contributed by atoms with van der Waals surface area (Å²) in [5.41, 5.74) is 5.51. The molecule has 26 heavy (non-hydrogen) atoms. The Morgan fingerprint density at radius 1 is 0.923 bits per heavy atom. The number of benzene rings is 2. The second-order valence-corrected chi connectivity index (χ2v) is 9.10. The SMILES string of the molecule is CC(C)(C)c1ccc2ccn(CC(C)(C)c3cccc4[nH]ccc34)c2c1. The smallest absolute Gasteiger partial charge is 0.0483 e. The van der Waals surface area contributed by atoms with Crippen LogP contribution in [0.5, 0.6) is 0 Å². The predicted octanol–water partition coefficient (Wildman–Crippen LogP) is 6.40. The maximum Gasteiger partial charge on any atom is 0.0483 e. The van der Waals surface area contributed by atoms with Gasteiger partial charge in [0.25, 0.3) is 0 Å². The van der Waals surface area contributed by atoms with Gasteiger partial charge in [-0.25, -0.2) is 0 Å². The van der Waals surface area contributed by atoms with Gasteiger partial charge in [-0.3, -0.25) is 0 Å². The van der Waals surface area contributed by atoms with Crippen LogP contribution >= 0.6 is 0 Å². The van der Waals surface area contributed by atoms with Crippen LogP contribution in [0, 0.1) is 0 Å². The van der Waals surface area contributed by atoms with Crippen molar-refractivity contribution in [3.63, 3.8) is 0 Å². The van der Waals surface area contributed by atoms with Crippen LogP contribution in [0.3, 0.4) is 0 Å². The summed E-state index contributed by atoms with van der Waals surface area (Å²) < 4.78 is 2.41. The van der Waals surface area contributed by atoms with Crippen LogP contribution in [0.1, 0.15) is 45.7 Å². The standard InChI is InChI=1S/C24H28N2/c1-23(2,3)18-10-9-17-12-14-26(22(17)15-18)16-24(4,5)20-7-6-8-21-19(20)11-13-25-21/h6-15,25H,16H2,1-5H3. The summed E-state index contributed by atoms with van der Waals surface area (Å²) in [6.07, 6.45) is 4.26. The molecule has 2 nitrogen and oxygen atoms in total. The molecule has 134 valence electrons. The van der Waals surface area contributed by atoms with Gasteiger partial charge in [0, 0.05) is 40.8 Å². The highest BCUT2D eigenvalue weighted by Gasteiger charge is 2.24. The second kappa shape index (κ2) is 5.77. The highest BCUT2D eigenvalue weighted by atomic mass is 15.0. The Hall–Kier alpha value is -2.48. The molecule has 0 bridgehead atoms. The highest BCUT2D eigenvalue weighted by Crippen LogP contribution is 2.33. The van der Waals surface area contributed by atoms with E-state index in [9.17, 15) is 0 Å². The van der Waals surface area contributed by atoms with E-state index in [1.165, 1.54) is 32.9 Å². The number of hydrogen-bond donors (Lipinski definition) is 1. The van der Waals surface area contributed by atoms with Crippen molar-refractivity contribution in [1.82, 2.24) is 9.55 Å². The molecule has 0 saturated carbocycles. The van der Waals surface area contributed by atoms with Crippen molar-refractivity contribution in [1.29, 1.82) is 0 Å². The van der Waals surface area contributed by atoms with Crippen LogP contribution in [0.2, 0.25) is 0 Å². The molecule has 0 saturated heterocycles. The van der Waals surface area contributed by atoms with Gasteiger partial charge in [-0.2, -0.15) is 0 Å². The Balaban J connectivity index is 1.77. The minimum absolute atomic E-state index is 0.0331. The van der Waals surface area contributed by atoms with E-state index in [-0.39, 0.29) is 10.8 Å². The van der Waals surface area contributed by atoms with Gasteiger partial charge in [0.1, 0.15) is 0 Å². The average Bonchev–Trinajstić information content (AvgIpc) is 3.20. The summed E-state index contributed by atoms with van der Waals surface area (Å²) in [5.74, 6) is 0. The molecule has 2 aromatic heterocycles. The van der Waals surface area contributed by atoms with Crippen molar-refractivity contribution in [2.45, 2.75) is 52.0 Å². The molecule has 4 rings (SSSR count). The van der Waals surface area contributed by atoms with Gasteiger partial charge in [-0.05, 0) is 46.2 Å². The number of nitrogens with one attached hydrogen (secondary N) is 1. The van der Waals surface area contributed by atoms with E-state index in [2.05, 4.69) is 98.9 Å². The number of rotatable bonds is 3. The van der Waals surface area contributed by atoms with Gasteiger partial charge in [0.15, 0.2) is 0 Å². The first-order chi connectivity index (χ1) is 12.3. The largest absolute Gasteiger partial charge is 0.361 e. The fourth-order valence-corrected chi connectivity index (χ4v) is 3.97. The molecule has 1 N–H and O–H groups in total. The van der Waals surface area contributed by atoms with Gasteiger partial charge < -0.3 is 9.55 Å². The number of hydrogen-bond acceptors (Lipinski definition) is 0. The van der Waals surface area contributed by atoms with Crippen molar-refractivity contribution in [2.24, 2.45) is 0 Å². The van der Waals surface area contributed by atoms with Crippen molar-refractivity contribution < 1.29 is 0 Å². The van der Waals surface area contributed by atoms with Crippen LogP contribution in [-0.2, 0) is 17.4 Å². The first-order valence-electron chi connectivity index (χ1n) is 9.42. The summed E-state index contributed by atoms with van der Waals surface area (Å²) >= 11 is 0. The summed E-state index contributed by atoms with van der Waals surface area (Å²) in [5, 5.41) is 2.64. The Morgan fingerprint density at radius 2 is 1.73 bits per heavy atom. The van der Waals surface area contributed by atoms with Crippen LogP contribution in [-0.4, -0.2) is 9.55 Å². The number of nitrogens with zero attached hydrogens (tertiary/aromatic N) is 1. The third-order valence-corrected chi connectivity index (χ3v) is 5.53. The fourth-order valence-electron chi connectivity index (χ4n) is 3.97. The molecule has 0 spiro atoms. The van der Waals surface area contributed by atoms with Crippen molar-refractivity contribution in [2.75, 3.05) is 0 Å². The molecule has 0 amide bonds. The minimum atomic E-state index is 0.0331. The fraction of sp³-hybridized carbons (Fsp3) is 0.333. The molecule has 0 fully saturated rings. The monoisotopic (exact) mass is 344 g/mol. The first kappa shape index (κ1) is 17.0. The molecule has 0 unspecified atom stereocenters. The number of aromatic amines is 1. The van der Waals surface area contributed by atoms with Crippen LogP contribution in [0.4, 0.5) is 0 Å². The van der Waals surface area contributed by atoms with E-state index >= 15 is 0 Å². The van der Waals surface area contributed by atoms with E-state index in [0.29, 0.717) is 0 Å². The van der Waals surface area contributed by atoms with Gasteiger partial charge in [0.2, 0.25) is 0 Å². The molecule has 4 aromatic rings. The molecule has 0 aliphatic heterocycles. The predicted molar refractivity (Wildman–Crippen MR) is 112 cm³/mol. The van der Waals surface area contributed by atoms with Crippen molar-refractivity contribution in [3.05, 3.63) is 72.1 Å². The molecule has 2 heteroatoms. The zero-order valence-electron chi connectivity index (χ0n) is 16.4. The van der Waals surface area contributed by atoms with E-state index < -0.39 is 0 Å². The molecule has 2 heterocycles. The summed E-state index contributed by atoms with van der Waals surface area (Å²) in [4.78, 5) is 3.34. The Bertz CT molecular complexity index is 1070. The summed E-state index contributed by atoms with van der Waals surface area (Å²) in [6.45, 7) is 12.5. The summed E-state index contributed by atoms with van der Waals surface area (Å²) in [6, 6.07) is 17.9. The molecular weight excluding hydrogens is 316 g/mol. The number of fused-ring (bicyclic) bond motifs is 2. The van der Waals surface area contributed by atoms with Crippen LogP contribution in [0.15, 0.2) is 60.9 Å². The van der Waals surface area contributed by atoms with Crippen molar-refractivity contribution in [3.8, 4) is 0 Å². The van der Waals surface area contributed by atoms with Gasteiger partial charge in [-0.15, -0.1) is 0 Å². The topological polar surface area (TPSA) is 20.7 Å². The third kappa shape index (κ3) is 2.84. The summed E-state index contributed by atoms with van der Waals surface area (Å²) in [7, 11) is 0. The molecule has 0 aliphatic carbocycles. The molecule has 2 aromatic carbocycles. The minimum Gasteiger partial charge on any atom is -0.361 e. The van der Waals surface area contributed by atoms with Crippen LogP contribution in [0.25, 0.3) is 21.8 Å². The average molecular weight is 345 g/mol. The highest BCUT2D eigenvalue weighted by molar-refractivity contribution is 5.84. The molecule has 0 aliphatic rings. The Labute approximate surface area is 155 Å². The van der Waals surface area contributed by atoms with E-state index in [0.717, 1.165) is 6.54 Å². The maximum absolute atomic E-state index is 3.34. The van der Waals surface area contributed by atoms with Gasteiger partial charge in [-0.1, -0.05) is 58.9 Å². The molecule has 0 atom stereocenters. The van der Waals surface area contributed by atoms with Gasteiger partial charge >= 0.3 is 0 Å². The number of H-pyrrole nitrogens is 1.